The first kappa shape index (κ1) is 25.5. The lowest BCUT2D eigenvalue weighted by atomic mass is 10.1. The second-order valence-electron chi connectivity index (χ2n) is 6.82. The fourth-order valence-corrected chi connectivity index (χ4v) is 4.43. The molecule has 0 amide bonds. The molecule has 0 saturated carbocycles. The van der Waals surface area contributed by atoms with Gasteiger partial charge in [0.25, 0.3) is 0 Å². The average molecular weight is 437 g/mol. The van der Waals surface area contributed by atoms with Crippen LogP contribution >= 0.6 is 24.0 Å². The number of halogens is 1. The van der Waals surface area contributed by atoms with Crippen LogP contribution in [0, 0.1) is 0 Å². The second-order valence-corrected chi connectivity index (χ2v) is 8.55. The van der Waals surface area contributed by atoms with Crippen LogP contribution in [-0.4, -0.2) is 15.2 Å². The molecule has 0 aromatic heterocycles. The molecule has 0 spiro atoms. The van der Waals surface area contributed by atoms with E-state index in [1.165, 1.54) is 103 Å². The Hall–Kier alpha value is 1.26. The molecule has 0 atom stereocenters. The van der Waals surface area contributed by atoms with Crippen molar-refractivity contribution < 1.29 is 0 Å². The minimum absolute atomic E-state index is 0. The van der Waals surface area contributed by atoms with Crippen LogP contribution in [0.3, 0.4) is 0 Å². The normalized spacial score (nSPS) is 10.5. The lowest BCUT2D eigenvalue weighted by Gasteiger charge is -2.02. The van der Waals surface area contributed by atoms with Crippen LogP contribution in [0.2, 0.25) is 10.6 Å². The monoisotopic (exact) mass is 437 g/mol. The molecular weight excluding hydrogens is 394 g/mol. The molecule has 0 aliphatic heterocycles. The molecule has 0 fully saturated rings. The van der Waals surface area contributed by atoms with Gasteiger partial charge in [-0.2, -0.15) is 0 Å². The van der Waals surface area contributed by atoms with Gasteiger partial charge in [0.15, 0.2) is 15.2 Å². The fraction of sp³-hybridized carbons (Fsp3) is 1.00. The van der Waals surface area contributed by atoms with Crippen molar-refractivity contribution in [1.29, 1.82) is 0 Å². The molecule has 0 nitrogen and oxygen atoms in total. The van der Waals surface area contributed by atoms with Crippen LogP contribution < -0.4 is 0 Å². The number of hydrogen-bond donors (Lipinski definition) is 0. The molecule has 2 heteroatoms. The third-order valence-electron chi connectivity index (χ3n) is 4.52. The van der Waals surface area contributed by atoms with Gasteiger partial charge in [0.1, 0.15) is 0 Å². The zero-order valence-electron chi connectivity index (χ0n) is 15.7. The van der Waals surface area contributed by atoms with Crippen molar-refractivity contribution in [3.8, 4) is 0 Å². The third kappa shape index (κ3) is 23.5. The fourth-order valence-electron chi connectivity index (χ4n) is 2.99. The van der Waals surface area contributed by atoms with Gasteiger partial charge in [0.05, 0.1) is 0 Å². The molecule has 0 aliphatic rings. The molecule has 0 rings (SSSR count). The Morgan fingerprint density at radius 3 is 1.00 bits per heavy atom. The van der Waals surface area contributed by atoms with Crippen molar-refractivity contribution in [1.82, 2.24) is 0 Å². The van der Waals surface area contributed by atoms with E-state index in [-0.39, 0.29) is 24.0 Å². The Kier molecular flexibility index (Phi) is 28.4. The van der Waals surface area contributed by atoms with Crippen molar-refractivity contribution in [3.63, 3.8) is 0 Å². The summed E-state index contributed by atoms with van der Waals surface area (Å²) in [6.45, 7) is 4.60. The van der Waals surface area contributed by atoms with Crippen LogP contribution in [0.5, 0.6) is 0 Å². The predicted molar refractivity (Wildman–Crippen MR) is 116 cm³/mol. The summed E-state index contributed by atoms with van der Waals surface area (Å²) in [5, 5.41) is 3.15. The van der Waals surface area contributed by atoms with E-state index in [0.717, 1.165) is 15.2 Å². The zero-order valence-corrected chi connectivity index (χ0v) is 19.2. The van der Waals surface area contributed by atoms with E-state index in [2.05, 4.69) is 13.8 Å². The third-order valence-corrected chi connectivity index (χ3v) is 6.16. The van der Waals surface area contributed by atoms with Crippen LogP contribution in [0.25, 0.3) is 0 Å². The van der Waals surface area contributed by atoms with Crippen LogP contribution in [0.15, 0.2) is 0 Å². The first-order chi connectivity index (χ1) is 10.4. The van der Waals surface area contributed by atoms with Crippen LogP contribution in [-0.2, 0) is 0 Å². The van der Waals surface area contributed by atoms with Crippen molar-refractivity contribution in [3.05, 3.63) is 0 Å². The van der Waals surface area contributed by atoms with Gasteiger partial charge in [-0.3, -0.25) is 0 Å². The molecule has 0 aromatic rings. The van der Waals surface area contributed by atoms with Gasteiger partial charge in [-0.25, -0.2) is 0 Å². The highest BCUT2D eigenvalue weighted by Gasteiger charge is 1.96. The van der Waals surface area contributed by atoms with Crippen molar-refractivity contribution in [2.75, 3.05) is 0 Å². The van der Waals surface area contributed by atoms with Gasteiger partial charge in [-0.1, -0.05) is 117 Å². The molecule has 0 aliphatic carbocycles. The highest BCUT2D eigenvalue weighted by molar-refractivity contribution is 14.0. The van der Waals surface area contributed by atoms with Crippen LogP contribution in [0.1, 0.15) is 117 Å². The second kappa shape index (κ2) is 24.5. The molecule has 0 aromatic carbocycles. The summed E-state index contributed by atoms with van der Waals surface area (Å²) in [5.41, 5.74) is 0. The Bertz CT molecular complexity index is 155. The molecule has 1 radical (unpaired) electrons. The van der Waals surface area contributed by atoms with Gasteiger partial charge < -0.3 is 0 Å². The van der Waals surface area contributed by atoms with E-state index in [4.69, 9.17) is 0 Å². The van der Waals surface area contributed by atoms with Gasteiger partial charge in [-0.15, -0.1) is 34.5 Å². The quantitative estimate of drug-likeness (QED) is 0.115. The molecule has 0 N–H and O–H groups in total. The van der Waals surface area contributed by atoms with E-state index >= 15 is 0 Å². The standard InChI is InChI=1S/2C10H21.Al.HI/c2*1-3-5-7-9-10-8-6-4-2;;/h2*1,3-10H2,2H3;;1H. The lowest BCUT2D eigenvalue weighted by Crippen LogP contribution is -1.90. The first-order valence-electron chi connectivity index (χ1n) is 10.2. The van der Waals surface area contributed by atoms with E-state index < -0.39 is 0 Å². The van der Waals surface area contributed by atoms with Gasteiger partial charge in [0.2, 0.25) is 0 Å². The van der Waals surface area contributed by atoms with E-state index in [1.54, 1.807) is 10.6 Å². The maximum absolute atomic E-state index is 2.30. The number of unbranched alkanes of at least 4 members (excludes halogenated alkanes) is 14. The van der Waals surface area contributed by atoms with Gasteiger partial charge >= 0.3 is 0 Å². The number of rotatable bonds is 18. The van der Waals surface area contributed by atoms with E-state index in [0.29, 0.717) is 0 Å². The summed E-state index contributed by atoms with van der Waals surface area (Å²) in [4.78, 5) is 0. The summed E-state index contributed by atoms with van der Waals surface area (Å²) in [5.74, 6) is 0. The maximum Gasteiger partial charge on any atom is 0.199 e. The molecular formula is C20H43AlI. The Morgan fingerprint density at radius 2 is 0.682 bits per heavy atom. The molecule has 133 valence electrons. The number of hydrogen-bond acceptors (Lipinski definition) is 0. The Balaban J connectivity index is 0. The van der Waals surface area contributed by atoms with E-state index in [1.807, 2.05) is 0 Å². The van der Waals surface area contributed by atoms with E-state index in [9.17, 15) is 0 Å². The minimum atomic E-state index is 0. The lowest BCUT2D eigenvalue weighted by molar-refractivity contribution is 0.582. The smallest absolute Gasteiger partial charge is 0.107 e. The largest absolute Gasteiger partial charge is 0.199 e. The zero-order chi connectivity index (χ0) is 15.4. The van der Waals surface area contributed by atoms with Crippen LogP contribution in [0.4, 0.5) is 0 Å². The molecule has 0 unspecified atom stereocenters. The maximum atomic E-state index is 2.30. The summed E-state index contributed by atoms with van der Waals surface area (Å²) in [7, 11) is 0. The molecule has 0 saturated heterocycles. The summed E-state index contributed by atoms with van der Waals surface area (Å²) >= 11 is 0.786. The van der Waals surface area contributed by atoms with Gasteiger partial charge in [0, 0.05) is 0 Å². The summed E-state index contributed by atoms with van der Waals surface area (Å²) < 4.78 is 0. The van der Waals surface area contributed by atoms with Gasteiger partial charge in [-0.05, 0) is 0 Å². The Morgan fingerprint density at radius 1 is 0.409 bits per heavy atom. The molecule has 0 bridgehead atoms. The first-order valence-corrected chi connectivity index (χ1v) is 11.9. The molecule has 0 heterocycles. The summed E-state index contributed by atoms with van der Waals surface area (Å²) in [6.07, 6.45) is 23.6. The summed E-state index contributed by atoms with van der Waals surface area (Å²) in [6, 6.07) is 0. The predicted octanol–water partition coefficient (Wildman–Crippen LogP) is 8.43. The Labute approximate surface area is 165 Å². The topological polar surface area (TPSA) is 0 Å². The van der Waals surface area contributed by atoms with Crippen molar-refractivity contribution in [2.45, 2.75) is 127 Å². The highest BCUT2D eigenvalue weighted by atomic mass is 127. The average Bonchev–Trinajstić information content (AvgIpc) is 2.50. The van der Waals surface area contributed by atoms with Crippen molar-refractivity contribution >= 4 is 39.2 Å². The SMILES string of the molecule is CCCCCCCCC[CH2][Al][CH2]CCCCCCCCC.I. The molecule has 22 heavy (non-hydrogen) atoms. The minimum Gasteiger partial charge on any atom is -0.107 e. The van der Waals surface area contributed by atoms with Crippen molar-refractivity contribution in [2.24, 2.45) is 0 Å². The highest BCUT2D eigenvalue weighted by Crippen LogP contribution is 2.12.